The Morgan fingerprint density at radius 2 is 1.76 bits per heavy atom. The molecule has 0 saturated heterocycles. The largest absolute Gasteiger partial charge is 0.492 e. The number of nitrogens with two attached hydrogens (primary N) is 1. The minimum Gasteiger partial charge on any atom is -0.492 e. The van der Waals surface area contributed by atoms with Crippen LogP contribution in [0.5, 0.6) is 5.75 Å². The summed E-state index contributed by atoms with van der Waals surface area (Å²) >= 11 is 18.6. The molecule has 0 spiro atoms. The molecule has 2 N–H and O–H groups in total. The van der Waals surface area contributed by atoms with E-state index in [-0.39, 0.29) is 0 Å². The number of hydrogen-bond acceptors (Lipinski definition) is 2. The molecule has 2 aromatic rings. The maximum atomic E-state index is 6.31. The molecule has 2 rings (SSSR count). The lowest BCUT2D eigenvalue weighted by Gasteiger charge is -2.17. The molecule has 0 aliphatic carbocycles. The number of rotatable bonds is 4. The summed E-state index contributed by atoms with van der Waals surface area (Å²) in [5, 5.41) is 1.66. The Bertz CT molecular complexity index is 638. The van der Waals surface area contributed by atoms with Crippen molar-refractivity contribution < 1.29 is 4.74 Å². The van der Waals surface area contributed by atoms with Crippen LogP contribution in [0.4, 0.5) is 0 Å². The molecule has 1 atom stereocenters. The first-order chi connectivity index (χ1) is 9.92. The van der Waals surface area contributed by atoms with E-state index >= 15 is 0 Å². The quantitative estimate of drug-likeness (QED) is 0.805. The van der Waals surface area contributed by atoms with Crippen molar-refractivity contribution in [3.05, 3.63) is 62.1 Å². The molecule has 2 aromatic carbocycles. The molecular formula is C16H16Cl3NO. The van der Waals surface area contributed by atoms with Crippen LogP contribution >= 0.6 is 34.8 Å². The fourth-order valence-electron chi connectivity index (χ4n) is 2.17. The highest BCUT2D eigenvalue weighted by Crippen LogP contribution is 2.36. The minimum absolute atomic E-state index is 0.400. The van der Waals surface area contributed by atoms with Gasteiger partial charge in [-0.1, -0.05) is 40.9 Å². The zero-order valence-electron chi connectivity index (χ0n) is 11.8. The van der Waals surface area contributed by atoms with Crippen LogP contribution in [0.2, 0.25) is 15.1 Å². The Hall–Kier alpha value is -0.930. The van der Waals surface area contributed by atoms with Gasteiger partial charge in [-0.25, -0.2) is 0 Å². The van der Waals surface area contributed by atoms with Crippen molar-refractivity contribution in [2.24, 2.45) is 5.73 Å². The van der Waals surface area contributed by atoms with Gasteiger partial charge in [0.15, 0.2) is 0 Å². The molecule has 0 fully saturated rings. The first kappa shape index (κ1) is 16.4. The second-order valence-corrected chi connectivity index (χ2v) is 6.03. The Balaban J connectivity index is 2.43. The van der Waals surface area contributed by atoms with Gasteiger partial charge in [-0.05, 0) is 48.7 Å². The van der Waals surface area contributed by atoms with E-state index in [1.54, 1.807) is 12.1 Å². The van der Waals surface area contributed by atoms with E-state index in [1.165, 1.54) is 0 Å². The summed E-state index contributed by atoms with van der Waals surface area (Å²) in [6.07, 6.45) is 0. The Kier molecular flexibility index (Phi) is 5.39. The summed E-state index contributed by atoms with van der Waals surface area (Å²) in [4.78, 5) is 0. The lowest BCUT2D eigenvalue weighted by Crippen LogP contribution is -2.13. The molecule has 0 heterocycles. The van der Waals surface area contributed by atoms with Gasteiger partial charge in [-0.3, -0.25) is 0 Å². The topological polar surface area (TPSA) is 35.2 Å². The van der Waals surface area contributed by atoms with Crippen molar-refractivity contribution in [2.75, 3.05) is 6.61 Å². The predicted octanol–water partition coefficient (Wildman–Crippen LogP) is 5.40. The maximum absolute atomic E-state index is 6.31. The molecular weight excluding hydrogens is 329 g/mol. The van der Waals surface area contributed by atoms with Gasteiger partial charge in [-0.2, -0.15) is 0 Å². The van der Waals surface area contributed by atoms with Crippen LogP contribution in [0.15, 0.2) is 30.3 Å². The second-order valence-electron chi connectivity index (χ2n) is 4.78. The third kappa shape index (κ3) is 3.83. The summed E-state index contributed by atoms with van der Waals surface area (Å²) in [7, 11) is 0. The van der Waals surface area contributed by atoms with Gasteiger partial charge < -0.3 is 10.5 Å². The first-order valence-electron chi connectivity index (χ1n) is 6.56. The van der Waals surface area contributed by atoms with Gasteiger partial charge in [0, 0.05) is 16.1 Å². The fraction of sp³-hybridized carbons (Fsp3) is 0.250. The second kappa shape index (κ2) is 6.89. The van der Waals surface area contributed by atoms with Gasteiger partial charge in [-0.15, -0.1) is 0 Å². The molecule has 0 aliphatic rings. The van der Waals surface area contributed by atoms with Gasteiger partial charge in [0.2, 0.25) is 0 Å². The van der Waals surface area contributed by atoms with Crippen LogP contribution in [0.25, 0.3) is 0 Å². The highest BCUT2D eigenvalue weighted by Gasteiger charge is 2.16. The lowest BCUT2D eigenvalue weighted by molar-refractivity contribution is 0.340. The third-order valence-corrected chi connectivity index (χ3v) is 3.95. The van der Waals surface area contributed by atoms with E-state index in [4.69, 9.17) is 45.3 Å². The van der Waals surface area contributed by atoms with E-state index in [2.05, 4.69) is 0 Å². The number of hydrogen-bond donors (Lipinski definition) is 1. The standard InChI is InChI=1S/C16H16Cl3NO/c1-3-21-15-8-13(18)12(7-14(15)19)16(20)10-4-9(2)5-11(17)6-10/h4-8,16H,3,20H2,1-2H3. The van der Waals surface area contributed by atoms with Crippen molar-refractivity contribution in [3.63, 3.8) is 0 Å². The molecule has 0 saturated carbocycles. The van der Waals surface area contributed by atoms with Gasteiger partial charge in [0.25, 0.3) is 0 Å². The Morgan fingerprint density at radius 1 is 1.05 bits per heavy atom. The summed E-state index contributed by atoms with van der Waals surface area (Å²) in [5.41, 5.74) is 8.98. The molecule has 1 unspecified atom stereocenters. The summed E-state index contributed by atoms with van der Waals surface area (Å²) in [6.45, 7) is 4.38. The molecule has 2 nitrogen and oxygen atoms in total. The number of aryl methyl sites for hydroxylation is 1. The minimum atomic E-state index is -0.400. The predicted molar refractivity (Wildman–Crippen MR) is 89.9 cm³/mol. The number of halogens is 3. The van der Waals surface area contributed by atoms with Crippen LogP contribution in [0.3, 0.4) is 0 Å². The van der Waals surface area contributed by atoms with Crippen molar-refractivity contribution in [2.45, 2.75) is 19.9 Å². The van der Waals surface area contributed by atoms with Gasteiger partial charge in [0.05, 0.1) is 17.7 Å². The average Bonchev–Trinajstić information content (AvgIpc) is 2.41. The van der Waals surface area contributed by atoms with E-state index in [0.717, 1.165) is 16.7 Å². The highest BCUT2D eigenvalue weighted by atomic mass is 35.5. The van der Waals surface area contributed by atoms with Crippen molar-refractivity contribution >= 4 is 34.8 Å². The highest BCUT2D eigenvalue weighted by molar-refractivity contribution is 6.34. The molecule has 0 bridgehead atoms. The molecule has 0 aromatic heterocycles. The van der Waals surface area contributed by atoms with E-state index in [0.29, 0.717) is 27.4 Å². The van der Waals surface area contributed by atoms with Crippen molar-refractivity contribution in [3.8, 4) is 5.75 Å². The molecule has 21 heavy (non-hydrogen) atoms. The first-order valence-corrected chi connectivity index (χ1v) is 7.70. The normalized spacial score (nSPS) is 12.3. The van der Waals surface area contributed by atoms with Gasteiger partial charge >= 0.3 is 0 Å². The maximum Gasteiger partial charge on any atom is 0.139 e. The van der Waals surface area contributed by atoms with E-state index < -0.39 is 6.04 Å². The van der Waals surface area contributed by atoms with Crippen LogP contribution in [0.1, 0.15) is 29.7 Å². The SMILES string of the molecule is CCOc1cc(Cl)c(C(N)c2cc(C)cc(Cl)c2)cc1Cl. The van der Waals surface area contributed by atoms with E-state index in [1.807, 2.05) is 32.0 Å². The average molecular weight is 345 g/mol. The number of benzene rings is 2. The number of ether oxygens (including phenoxy) is 1. The van der Waals surface area contributed by atoms with Crippen molar-refractivity contribution in [1.29, 1.82) is 0 Å². The summed E-state index contributed by atoms with van der Waals surface area (Å²) < 4.78 is 5.42. The van der Waals surface area contributed by atoms with Crippen LogP contribution < -0.4 is 10.5 Å². The smallest absolute Gasteiger partial charge is 0.139 e. The zero-order chi connectivity index (χ0) is 15.6. The molecule has 112 valence electrons. The summed E-state index contributed by atoms with van der Waals surface area (Å²) in [6, 6.07) is 8.74. The molecule has 5 heteroatoms. The molecule has 0 amide bonds. The lowest BCUT2D eigenvalue weighted by atomic mass is 9.98. The fourth-order valence-corrected chi connectivity index (χ4v) is 2.97. The monoisotopic (exact) mass is 343 g/mol. The van der Waals surface area contributed by atoms with E-state index in [9.17, 15) is 0 Å². The van der Waals surface area contributed by atoms with Crippen LogP contribution in [-0.4, -0.2) is 6.61 Å². The Morgan fingerprint density at radius 3 is 2.38 bits per heavy atom. The Labute approximate surface area is 139 Å². The van der Waals surface area contributed by atoms with Crippen LogP contribution in [-0.2, 0) is 0 Å². The summed E-state index contributed by atoms with van der Waals surface area (Å²) in [5.74, 6) is 0.558. The third-order valence-electron chi connectivity index (χ3n) is 3.11. The van der Waals surface area contributed by atoms with Gasteiger partial charge in [0.1, 0.15) is 5.75 Å². The van der Waals surface area contributed by atoms with Crippen molar-refractivity contribution in [1.82, 2.24) is 0 Å². The molecule has 0 aliphatic heterocycles. The zero-order valence-corrected chi connectivity index (χ0v) is 14.1. The van der Waals surface area contributed by atoms with Crippen LogP contribution in [0, 0.1) is 6.92 Å². The molecule has 0 radical (unpaired) electrons.